The smallest absolute Gasteiger partial charge is 0.193 e. The van der Waals surface area contributed by atoms with Gasteiger partial charge in [0.2, 0.25) is 0 Å². The minimum absolute atomic E-state index is 0.586. The number of nitrogens with one attached hydrogen (secondary N) is 1. The number of rotatable bonds is 1. The second-order valence-electron chi connectivity index (χ2n) is 2.93. The van der Waals surface area contributed by atoms with E-state index in [2.05, 4.69) is 21.8 Å². The number of aromatic nitrogens is 2. The third-order valence-corrected chi connectivity index (χ3v) is 1.97. The number of hydrogen-bond donors (Lipinski definition) is 1. The highest BCUT2D eigenvalue weighted by Crippen LogP contribution is 2.15. The van der Waals surface area contributed by atoms with E-state index in [1.165, 1.54) is 0 Å². The molecule has 0 radical (unpaired) electrons. The summed E-state index contributed by atoms with van der Waals surface area (Å²) in [6.45, 7) is 0. The van der Waals surface area contributed by atoms with Crippen LogP contribution < -0.4 is 0 Å². The van der Waals surface area contributed by atoms with Crippen LogP contribution in [0.1, 0.15) is 5.56 Å². The van der Waals surface area contributed by atoms with Gasteiger partial charge in [0.1, 0.15) is 0 Å². The molecule has 0 aliphatic heterocycles. The van der Waals surface area contributed by atoms with Crippen molar-refractivity contribution in [2.45, 2.75) is 0 Å². The molecular weight excluding hydrogens is 188 g/mol. The molecule has 1 aromatic carbocycles. The predicted octanol–water partition coefficient (Wildman–Crippen LogP) is 1.63. The maximum atomic E-state index is 10.0. The van der Waals surface area contributed by atoms with Crippen molar-refractivity contribution in [2.75, 3.05) is 0 Å². The Hall–Kier alpha value is -2.34. The van der Waals surface area contributed by atoms with Crippen LogP contribution in [0.4, 0.5) is 0 Å². The molecule has 0 amide bonds. The van der Waals surface area contributed by atoms with Crippen LogP contribution >= 0.6 is 0 Å². The molecule has 0 unspecified atom stereocenters. The van der Waals surface area contributed by atoms with E-state index < -0.39 is 0 Å². The standard InChI is InChI=1S/C12H8N2O/c15-7-1-2-10-3-5-11(6-4-10)12-8-13-9-14-12/h3-9H,(H,13,14). The van der Waals surface area contributed by atoms with Gasteiger partial charge in [-0.2, -0.15) is 0 Å². The Kier molecular flexibility index (Phi) is 2.61. The van der Waals surface area contributed by atoms with Crippen molar-refractivity contribution in [3.63, 3.8) is 0 Å². The average molecular weight is 196 g/mol. The van der Waals surface area contributed by atoms with Crippen molar-refractivity contribution in [3.05, 3.63) is 42.4 Å². The number of hydrogen-bond acceptors (Lipinski definition) is 2. The van der Waals surface area contributed by atoms with Crippen LogP contribution in [0, 0.1) is 11.8 Å². The first-order valence-electron chi connectivity index (χ1n) is 4.44. The molecule has 0 saturated heterocycles. The number of imidazole rings is 1. The lowest BCUT2D eigenvalue weighted by molar-refractivity contribution is -0.103. The molecule has 0 aliphatic rings. The number of nitrogens with zero attached hydrogens (tertiary/aromatic N) is 1. The van der Waals surface area contributed by atoms with Crippen LogP contribution in [0.2, 0.25) is 0 Å². The highest BCUT2D eigenvalue weighted by Gasteiger charge is 1.97. The van der Waals surface area contributed by atoms with E-state index in [4.69, 9.17) is 0 Å². The van der Waals surface area contributed by atoms with Gasteiger partial charge in [-0.25, -0.2) is 4.98 Å². The van der Waals surface area contributed by atoms with Gasteiger partial charge >= 0.3 is 0 Å². The van der Waals surface area contributed by atoms with Gasteiger partial charge in [0.05, 0.1) is 18.2 Å². The molecule has 0 fully saturated rings. The fraction of sp³-hybridized carbons (Fsp3) is 0. The molecule has 1 N–H and O–H groups in total. The molecule has 15 heavy (non-hydrogen) atoms. The summed E-state index contributed by atoms with van der Waals surface area (Å²) in [7, 11) is 0. The molecule has 2 aromatic rings. The summed E-state index contributed by atoms with van der Waals surface area (Å²) in [4.78, 5) is 17.0. The van der Waals surface area contributed by atoms with Gasteiger partial charge in [0, 0.05) is 5.56 Å². The Bertz CT molecular complexity index is 501. The summed E-state index contributed by atoms with van der Waals surface area (Å²) < 4.78 is 0. The van der Waals surface area contributed by atoms with Gasteiger partial charge in [-0.1, -0.05) is 18.1 Å². The quantitative estimate of drug-likeness (QED) is 0.556. The first kappa shape index (κ1) is 9.22. The van der Waals surface area contributed by atoms with Crippen molar-refractivity contribution in [1.82, 2.24) is 9.97 Å². The van der Waals surface area contributed by atoms with Gasteiger partial charge in [-0.05, 0) is 23.6 Å². The first-order valence-corrected chi connectivity index (χ1v) is 4.44. The van der Waals surface area contributed by atoms with Crippen molar-refractivity contribution in [1.29, 1.82) is 0 Å². The Morgan fingerprint density at radius 2 is 2.07 bits per heavy atom. The Balaban J connectivity index is 2.28. The van der Waals surface area contributed by atoms with Crippen molar-refractivity contribution >= 4 is 6.29 Å². The lowest BCUT2D eigenvalue weighted by Gasteiger charge is -1.96. The fourth-order valence-electron chi connectivity index (χ4n) is 1.26. The molecular formula is C12H8N2O. The van der Waals surface area contributed by atoms with E-state index in [-0.39, 0.29) is 0 Å². The molecule has 0 aliphatic carbocycles. The van der Waals surface area contributed by atoms with Crippen LogP contribution in [-0.2, 0) is 4.79 Å². The molecule has 72 valence electrons. The maximum Gasteiger partial charge on any atom is 0.193 e. The summed E-state index contributed by atoms with van der Waals surface area (Å²) in [5.41, 5.74) is 2.83. The Labute approximate surface area is 87.2 Å². The molecule has 2 rings (SSSR count). The van der Waals surface area contributed by atoms with E-state index in [0.717, 1.165) is 16.8 Å². The lowest BCUT2D eigenvalue weighted by atomic mass is 10.1. The average Bonchev–Trinajstić information content (AvgIpc) is 2.80. The van der Waals surface area contributed by atoms with Crippen LogP contribution in [0.15, 0.2) is 36.8 Å². The van der Waals surface area contributed by atoms with Crippen LogP contribution in [0.3, 0.4) is 0 Å². The second kappa shape index (κ2) is 4.25. The van der Waals surface area contributed by atoms with E-state index >= 15 is 0 Å². The van der Waals surface area contributed by atoms with Crippen LogP contribution in [-0.4, -0.2) is 16.3 Å². The molecule has 3 heteroatoms. The van der Waals surface area contributed by atoms with E-state index in [1.54, 1.807) is 12.5 Å². The zero-order valence-corrected chi connectivity index (χ0v) is 7.90. The summed E-state index contributed by atoms with van der Waals surface area (Å²) >= 11 is 0. The third kappa shape index (κ3) is 2.12. The predicted molar refractivity (Wildman–Crippen MR) is 57.0 cm³/mol. The van der Waals surface area contributed by atoms with Crippen LogP contribution in [0.5, 0.6) is 0 Å². The van der Waals surface area contributed by atoms with Crippen molar-refractivity contribution < 1.29 is 4.79 Å². The topological polar surface area (TPSA) is 45.8 Å². The molecule has 0 spiro atoms. The number of aldehydes is 1. The number of benzene rings is 1. The highest BCUT2D eigenvalue weighted by molar-refractivity contribution is 5.74. The minimum Gasteiger partial charge on any atom is -0.345 e. The molecule has 1 aromatic heterocycles. The van der Waals surface area contributed by atoms with E-state index in [1.807, 2.05) is 24.3 Å². The van der Waals surface area contributed by atoms with Gasteiger partial charge in [-0.3, -0.25) is 4.79 Å². The van der Waals surface area contributed by atoms with Crippen molar-refractivity contribution in [3.8, 4) is 23.1 Å². The van der Waals surface area contributed by atoms with E-state index in [0.29, 0.717) is 6.29 Å². The van der Waals surface area contributed by atoms with Gasteiger partial charge in [0.15, 0.2) is 6.29 Å². The molecule has 0 atom stereocenters. The van der Waals surface area contributed by atoms with Crippen molar-refractivity contribution in [2.24, 2.45) is 0 Å². The Morgan fingerprint density at radius 3 is 2.67 bits per heavy atom. The number of carbonyl (C=O) groups excluding carboxylic acids is 1. The first-order chi connectivity index (χ1) is 7.40. The zero-order valence-electron chi connectivity index (χ0n) is 7.90. The summed E-state index contributed by atoms with van der Waals surface area (Å²) in [6, 6.07) is 7.60. The zero-order chi connectivity index (χ0) is 10.5. The maximum absolute atomic E-state index is 10.0. The molecule has 0 bridgehead atoms. The summed E-state index contributed by atoms with van der Waals surface area (Å²) in [6.07, 6.45) is 3.98. The normalized spacial score (nSPS) is 9.07. The van der Waals surface area contributed by atoms with Gasteiger partial charge in [-0.15, -0.1) is 0 Å². The van der Waals surface area contributed by atoms with E-state index in [9.17, 15) is 4.79 Å². The second-order valence-corrected chi connectivity index (χ2v) is 2.93. The number of H-pyrrole nitrogens is 1. The minimum atomic E-state index is 0.586. The summed E-state index contributed by atoms with van der Waals surface area (Å²) in [5.74, 6) is 5.09. The summed E-state index contributed by atoms with van der Waals surface area (Å²) in [5, 5.41) is 0. The van der Waals surface area contributed by atoms with Gasteiger partial charge < -0.3 is 4.98 Å². The monoisotopic (exact) mass is 196 g/mol. The molecule has 0 saturated carbocycles. The highest BCUT2D eigenvalue weighted by atomic mass is 16.1. The molecule has 1 heterocycles. The lowest BCUT2D eigenvalue weighted by Crippen LogP contribution is -1.78. The largest absolute Gasteiger partial charge is 0.345 e. The Morgan fingerprint density at radius 1 is 1.27 bits per heavy atom. The number of aromatic amines is 1. The number of carbonyl (C=O) groups is 1. The fourth-order valence-corrected chi connectivity index (χ4v) is 1.26. The van der Waals surface area contributed by atoms with Gasteiger partial charge in [0.25, 0.3) is 0 Å². The van der Waals surface area contributed by atoms with Crippen LogP contribution in [0.25, 0.3) is 11.3 Å². The third-order valence-electron chi connectivity index (χ3n) is 1.97. The molecule has 3 nitrogen and oxygen atoms in total. The SMILES string of the molecule is O=CC#Cc1ccc(-c2cnc[nH]2)cc1.